The lowest BCUT2D eigenvalue weighted by molar-refractivity contribution is 0.0703. The van der Waals surface area contributed by atoms with Crippen LogP contribution in [0.25, 0.3) is 0 Å². The van der Waals surface area contributed by atoms with Gasteiger partial charge in [-0.05, 0) is 39.8 Å². The lowest BCUT2D eigenvalue weighted by atomic mass is 9.97. The normalized spacial score (nSPS) is 27.0. The minimum absolute atomic E-state index is 0.196. The number of rotatable bonds is 2. The number of nitrogens with zero attached hydrogens (tertiary/aromatic N) is 1. The minimum atomic E-state index is 0.196. The van der Waals surface area contributed by atoms with Crippen molar-refractivity contribution in [2.75, 3.05) is 13.1 Å². The van der Waals surface area contributed by atoms with Gasteiger partial charge in [0, 0.05) is 35.6 Å². The van der Waals surface area contributed by atoms with Gasteiger partial charge in [-0.1, -0.05) is 11.6 Å². The number of hydrogen-bond acceptors (Lipinski definition) is 3. The maximum atomic E-state index is 6.02. The smallest absolute Gasteiger partial charge is 0.0931 e. The summed E-state index contributed by atoms with van der Waals surface area (Å²) >= 11 is 7.72. The number of hydrogen-bond donors (Lipinski definition) is 1. The highest BCUT2D eigenvalue weighted by Crippen LogP contribution is 2.33. The van der Waals surface area contributed by atoms with E-state index in [1.807, 2.05) is 6.07 Å². The molecule has 2 heterocycles. The zero-order valence-corrected chi connectivity index (χ0v) is 12.5. The molecule has 0 spiro atoms. The van der Waals surface area contributed by atoms with E-state index in [1.165, 1.54) is 4.88 Å². The summed E-state index contributed by atoms with van der Waals surface area (Å²) in [4.78, 5) is 3.93. The van der Waals surface area contributed by atoms with Crippen molar-refractivity contribution in [1.29, 1.82) is 0 Å². The van der Waals surface area contributed by atoms with Crippen molar-refractivity contribution < 1.29 is 0 Å². The van der Waals surface area contributed by atoms with E-state index in [0.29, 0.717) is 12.1 Å². The first-order chi connectivity index (χ1) is 7.89. The van der Waals surface area contributed by atoms with Crippen molar-refractivity contribution in [3.05, 3.63) is 21.3 Å². The van der Waals surface area contributed by atoms with Crippen LogP contribution in [0.2, 0.25) is 4.34 Å². The molecule has 1 saturated heterocycles. The molecule has 0 bridgehead atoms. The molecule has 2 unspecified atom stereocenters. The van der Waals surface area contributed by atoms with E-state index in [4.69, 9.17) is 11.6 Å². The zero-order valence-electron chi connectivity index (χ0n) is 11.0. The Morgan fingerprint density at radius 1 is 1.53 bits per heavy atom. The predicted octanol–water partition coefficient (Wildman–Crippen LogP) is 3.53. The van der Waals surface area contributed by atoms with Crippen molar-refractivity contribution in [1.82, 2.24) is 10.2 Å². The van der Waals surface area contributed by atoms with Gasteiger partial charge in [-0.15, -0.1) is 11.3 Å². The van der Waals surface area contributed by atoms with E-state index in [-0.39, 0.29) is 5.54 Å². The molecule has 17 heavy (non-hydrogen) atoms. The fourth-order valence-corrected chi connectivity index (χ4v) is 3.58. The van der Waals surface area contributed by atoms with Gasteiger partial charge < -0.3 is 5.32 Å². The Labute approximate surface area is 113 Å². The molecule has 1 N–H and O–H groups in total. The molecule has 0 amide bonds. The minimum Gasteiger partial charge on any atom is -0.309 e. The molecule has 1 aliphatic rings. The molecule has 0 radical (unpaired) electrons. The Morgan fingerprint density at radius 2 is 2.24 bits per heavy atom. The molecular formula is C13H21ClN2S. The second kappa shape index (κ2) is 4.88. The monoisotopic (exact) mass is 272 g/mol. The molecule has 4 heteroatoms. The Balaban J connectivity index is 2.14. The first kappa shape index (κ1) is 13.3. The third-order valence-corrected chi connectivity index (χ3v) is 4.92. The number of piperazine rings is 1. The third-order valence-electron chi connectivity index (χ3n) is 3.52. The SMILES string of the molecule is CC1CNC(C)(C)CN1C(C)c1ccc(Cl)s1. The van der Waals surface area contributed by atoms with Gasteiger partial charge in [0.25, 0.3) is 0 Å². The molecule has 2 rings (SSSR count). The summed E-state index contributed by atoms with van der Waals surface area (Å²) in [6.07, 6.45) is 0. The van der Waals surface area contributed by atoms with Crippen LogP contribution in [-0.4, -0.2) is 29.6 Å². The van der Waals surface area contributed by atoms with Crippen LogP contribution in [0.3, 0.4) is 0 Å². The van der Waals surface area contributed by atoms with E-state index in [0.717, 1.165) is 17.4 Å². The van der Waals surface area contributed by atoms with Gasteiger partial charge in [0.1, 0.15) is 0 Å². The largest absolute Gasteiger partial charge is 0.309 e. The van der Waals surface area contributed by atoms with Crippen molar-refractivity contribution in [3.8, 4) is 0 Å². The Bertz CT molecular complexity index is 389. The number of nitrogens with one attached hydrogen (secondary N) is 1. The summed E-state index contributed by atoms with van der Waals surface area (Å²) in [5.74, 6) is 0. The second-order valence-corrected chi connectivity index (χ2v) is 7.35. The summed E-state index contributed by atoms with van der Waals surface area (Å²) in [5, 5.41) is 3.59. The third kappa shape index (κ3) is 3.02. The molecule has 96 valence electrons. The van der Waals surface area contributed by atoms with Crippen LogP contribution in [-0.2, 0) is 0 Å². The van der Waals surface area contributed by atoms with Gasteiger partial charge in [0.05, 0.1) is 4.34 Å². The highest BCUT2D eigenvalue weighted by atomic mass is 35.5. The van der Waals surface area contributed by atoms with E-state index in [1.54, 1.807) is 11.3 Å². The summed E-state index contributed by atoms with van der Waals surface area (Å²) in [7, 11) is 0. The van der Waals surface area contributed by atoms with Crippen molar-refractivity contribution in [3.63, 3.8) is 0 Å². The van der Waals surface area contributed by atoms with Gasteiger partial charge in [-0.25, -0.2) is 0 Å². The lowest BCUT2D eigenvalue weighted by Gasteiger charge is -2.46. The van der Waals surface area contributed by atoms with Crippen molar-refractivity contribution in [2.24, 2.45) is 0 Å². The fraction of sp³-hybridized carbons (Fsp3) is 0.692. The average molecular weight is 273 g/mol. The highest BCUT2D eigenvalue weighted by Gasteiger charge is 2.33. The average Bonchev–Trinajstić information content (AvgIpc) is 2.68. The standard InChI is InChI=1S/C13H21ClN2S/c1-9-7-15-13(3,4)8-16(9)10(2)11-5-6-12(14)17-11/h5-6,9-10,15H,7-8H2,1-4H3. The van der Waals surface area contributed by atoms with Gasteiger partial charge in [0.2, 0.25) is 0 Å². The Kier molecular flexibility index (Phi) is 3.83. The molecule has 1 aromatic rings. The molecular weight excluding hydrogens is 252 g/mol. The fourth-order valence-electron chi connectivity index (χ4n) is 2.44. The summed E-state index contributed by atoms with van der Waals surface area (Å²) < 4.78 is 0.883. The van der Waals surface area contributed by atoms with Crippen LogP contribution in [0.1, 0.15) is 38.6 Å². The molecule has 0 aromatic carbocycles. The number of thiophene rings is 1. The van der Waals surface area contributed by atoms with E-state index >= 15 is 0 Å². The predicted molar refractivity (Wildman–Crippen MR) is 76.0 cm³/mol. The topological polar surface area (TPSA) is 15.3 Å². The van der Waals surface area contributed by atoms with E-state index in [2.05, 4.69) is 44.0 Å². The van der Waals surface area contributed by atoms with Crippen molar-refractivity contribution in [2.45, 2.75) is 45.3 Å². The van der Waals surface area contributed by atoms with Crippen LogP contribution < -0.4 is 5.32 Å². The maximum absolute atomic E-state index is 6.02. The molecule has 1 aliphatic heterocycles. The first-order valence-corrected chi connectivity index (χ1v) is 7.34. The van der Waals surface area contributed by atoms with Gasteiger partial charge in [-0.3, -0.25) is 4.90 Å². The Morgan fingerprint density at radius 3 is 2.82 bits per heavy atom. The van der Waals surface area contributed by atoms with Crippen LogP contribution in [0.5, 0.6) is 0 Å². The second-order valence-electron chi connectivity index (χ2n) is 5.60. The van der Waals surface area contributed by atoms with Crippen LogP contribution in [0.15, 0.2) is 12.1 Å². The lowest BCUT2D eigenvalue weighted by Crippen LogP contribution is -2.60. The molecule has 1 aromatic heterocycles. The van der Waals surface area contributed by atoms with Gasteiger partial charge >= 0.3 is 0 Å². The van der Waals surface area contributed by atoms with Gasteiger partial charge in [-0.2, -0.15) is 0 Å². The molecule has 0 saturated carbocycles. The highest BCUT2D eigenvalue weighted by molar-refractivity contribution is 7.16. The first-order valence-electron chi connectivity index (χ1n) is 6.15. The Hall–Kier alpha value is -0.0900. The summed E-state index contributed by atoms with van der Waals surface area (Å²) in [5.41, 5.74) is 0.196. The van der Waals surface area contributed by atoms with Gasteiger partial charge in [0.15, 0.2) is 0 Å². The van der Waals surface area contributed by atoms with Crippen LogP contribution in [0.4, 0.5) is 0 Å². The maximum Gasteiger partial charge on any atom is 0.0931 e. The summed E-state index contributed by atoms with van der Waals surface area (Å²) in [6, 6.07) is 5.16. The molecule has 0 aliphatic carbocycles. The molecule has 2 nitrogen and oxygen atoms in total. The van der Waals surface area contributed by atoms with Crippen LogP contribution in [0, 0.1) is 0 Å². The van der Waals surface area contributed by atoms with Crippen LogP contribution >= 0.6 is 22.9 Å². The zero-order chi connectivity index (χ0) is 12.6. The van der Waals surface area contributed by atoms with Crippen molar-refractivity contribution >= 4 is 22.9 Å². The van der Waals surface area contributed by atoms with E-state index < -0.39 is 0 Å². The quantitative estimate of drug-likeness (QED) is 0.886. The molecule has 1 fully saturated rings. The molecule has 2 atom stereocenters. The number of halogens is 1. The van der Waals surface area contributed by atoms with E-state index in [9.17, 15) is 0 Å². The summed E-state index contributed by atoms with van der Waals surface area (Å²) in [6.45, 7) is 11.2.